The minimum Gasteiger partial charge on any atom is -0.398 e. The van der Waals surface area contributed by atoms with Crippen LogP contribution in [-0.4, -0.2) is 21.1 Å². The zero-order chi connectivity index (χ0) is 16.9. The SMILES string of the molecule is [2H]C1([2H])CC(n2c(C)nc3cccc(N)c3c2=O)C(=O)CC1=O. The van der Waals surface area contributed by atoms with E-state index in [0.29, 0.717) is 5.52 Å². The summed E-state index contributed by atoms with van der Waals surface area (Å²) in [5.74, 6) is -0.944. The molecular weight excluding hydrogens is 270 g/mol. The first-order chi connectivity index (χ1) is 10.7. The van der Waals surface area contributed by atoms with Gasteiger partial charge in [0.1, 0.15) is 11.6 Å². The molecule has 0 amide bonds. The number of benzene rings is 1. The van der Waals surface area contributed by atoms with E-state index < -0.39 is 36.0 Å². The Morgan fingerprint density at radius 2 is 2.14 bits per heavy atom. The molecule has 1 aliphatic carbocycles. The Morgan fingerprint density at radius 1 is 1.38 bits per heavy atom. The molecule has 21 heavy (non-hydrogen) atoms. The predicted octanol–water partition coefficient (Wildman–Crippen LogP) is 1.15. The largest absolute Gasteiger partial charge is 0.398 e. The number of aromatic nitrogens is 2. The molecule has 108 valence electrons. The lowest BCUT2D eigenvalue weighted by Crippen LogP contribution is -2.36. The van der Waals surface area contributed by atoms with Crippen molar-refractivity contribution in [1.82, 2.24) is 9.55 Å². The van der Waals surface area contributed by atoms with E-state index in [0.717, 1.165) is 4.57 Å². The molecule has 2 N–H and O–H groups in total. The van der Waals surface area contributed by atoms with Crippen LogP contribution in [0.3, 0.4) is 0 Å². The third-order valence-corrected chi connectivity index (χ3v) is 3.65. The van der Waals surface area contributed by atoms with Crippen molar-refractivity contribution in [3.8, 4) is 0 Å². The second-order valence-corrected chi connectivity index (χ2v) is 5.04. The van der Waals surface area contributed by atoms with E-state index in [1.54, 1.807) is 25.1 Å². The van der Waals surface area contributed by atoms with E-state index in [4.69, 9.17) is 8.48 Å². The number of aryl methyl sites for hydroxylation is 1. The Hall–Kier alpha value is -2.50. The molecule has 0 bridgehead atoms. The highest BCUT2D eigenvalue weighted by atomic mass is 16.2. The van der Waals surface area contributed by atoms with E-state index in [9.17, 15) is 14.4 Å². The zero-order valence-corrected chi connectivity index (χ0v) is 11.4. The lowest BCUT2D eigenvalue weighted by Gasteiger charge is -2.24. The van der Waals surface area contributed by atoms with Gasteiger partial charge in [-0.1, -0.05) is 6.07 Å². The minimum absolute atomic E-state index is 0.198. The summed E-state index contributed by atoms with van der Waals surface area (Å²) in [4.78, 5) is 40.9. The molecule has 1 aromatic carbocycles. The summed E-state index contributed by atoms with van der Waals surface area (Å²) < 4.78 is 16.7. The van der Waals surface area contributed by atoms with Crippen molar-refractivity contribution in [3.05, 3.63) is 34.4 Å². The standard InChI is InChI=1S/C15H15N3O3/c1-8-17-11-4-2-3-10(16)14(11)15(21)18(8)12-6-5-9(19)7-13(12)20/h2-4,12H,5-7,16H2,1H3/i5D2. The first-order valence-electron chi connectivity index (χ1n) is 7.56. The van der Waals surface area contributed by atoms with Gasteiger partial charge in [-0.3, -0.25) is 19.0 Å². The Balaban J connectivity index is 2.24. The summed E-state index contributed by atoms with van der Waals surface area (Å²) in [6, 6.07) is 3.84. The number of hydrogen-bond donors (Lipinski definition) is 1. The second kappa shape index (κ2) is 4.80. The highest BCUT2D eigenvalue weighted by Gasteiger charge is 2.30. The number of nitrogens with two attached hydrogens (primary N) is 1. The van der Waals surface area contributed by atoms with Gasteiger partial charge in [-0.2, -0.15) is 0 Å². The van der Waals surface area contributed by atoms with Crippen LogP contribution in [0.25, 0.3) is 10.9 Å². The summed E-state index contributed by atoms with van der Waals surface area (Å²) in [6.45, 7) is 1.57. The number of hydrogen-bond acceptors (Lipinski definition) is 5. The van der Waals surface area contributed by atoms with Crippen LogP contribution in [0.5, 0.6) is 0 Å². The Morgan fingerprint density at radius 3 is 2.90 bits per heavy atom. The van der Waals surface area contributed by atoms with Crippen molar-refractivity contribution < 1.29 is 12.3 Å². The fraction of sp³-hybridized carbons (Fsp3) is 0.333. The molecular formula is C15H15N3O3. The molecule has 0 spiro atoms. The molecule has 1 saturated carbocycles. The van der Waals surface area contributed by atoms with Crippen molar-refractivity contribution in [1.29, 1.82) is 0 Å². The van der Waals surface area contributed by atoms with Crippen LogP contribution in [0.4, 0.5) is 5.69 Å². The molecule has 1 aliphatic rings. The van der Waals surface area contributed by atoms with Gasteiger partial charge in [0.25, 0.3) is 5.56 Å². The lowest BCUT2D eigenvalue weighted by atomic mass is 9.92. The van der Waals surface area contributed by atoms with E-state index in [-0.39, 0.29) is 23.3 Å². The van der Waals surface area contributed by atoms with Gasteiger partial charge in [0, 0.05) is 14.8 Å². The number of anilines is 1. The molecule has 1 heterocycles. The summed E-state index contributed by atoms with van der Waals surface area (Å²) in [5, 5.41) is 0.198. The molecule has 3 rings (SSSR count). The van der Waals surface area contributed by atoms with Crippen molar-refractivity contribution in [3.63, 3.8) is 0 Å². The van der Waals surface area contributed by atoms with E-state index in [2.05, 4.69) is 4.98 Å². The molecule has 0 radical (unpaired) electrons. The Labute approximate surface area is 123 Å². The smallest absolute Gasteiger partial charge is 0.264 e. The maximum absolute atomic E-state index is 12.8. The van der Waals surface area contributed by atoms with Crippen LogP contribution in [0.15, 0.2) is 23.0 Å². The van der Waals surface area contributed by atoms with Crippen molar-refractivity contribution >= 4 is 28.2 Å². The monoisotopic (exact) mass is 287 g/mol. The number of carbonyl (C=O) groups is 2. The van der Waals surface area contributed by atoms with Crippen molar-refractivity contribution in [2.75, 3.05) is 5.73 Å². The number of nitrogen functional groups attached to an aromatic ring is 1. The van der Waals surface area contributed by atoms with E-state index in [1.807, 2.05) is 0 Å². The molecule has 6 heteroatoms. The van der Waals surface area contributed by atoms with Gasteiger partial charge < -0.3 is 5.73 Å². The average Bonchev–Trinajstić information content (AvgIpc) is 2.44. The molecule has 1 atom stereocenters. The molecule has 0 aliphatic heterocycles. The first-order valence-corrected chi connectivity index (χ1v) is 6.56. The van der Waals surface area contributed by atoms with Crippen LogP contribution < -0.4 is 11.3 Å². The normalized spacial score (nSPS) is 23.0. The summed E-state index contributed by atoms with van der Waals surface area (Å²) in [6.07, 6.45) is -3.03. The summed E-state index contributed by atoms with van der Waals surface area (Å²) in [7, 11) is 0. The van der Waals surface area contributed by atoms with Crippen LogP contribution in [0.2, 0.25) is 0 Å². The van der Waals surface area contributed by atoms with Gasteiger partial charge in [-0.05, 0) is 25.5 Å². The van der Waals surface area contributed by atoms with Gasteiger partial charge in [0.05, 0.1) is 23.4 Å². The number of Topliss-reactive ketones (excluding diaryl/α,β-unsaturated/α-hetero) is 2. The molecule has 1 aromatic heterocycles. The van der Waals surface area contributed by atoms with E-state index >= 15 is 0 Å². The Bertz CT molecular complexity index is 905. The first kappa shape index (κ1) is 11.2. The van der Waals surface area contributed by atoms with Gasteiger partial charge >= 0.3 is 0 Å². The summed E-state index contributed by atoms with van der Waals surface area (Å²) >= 11 is 0. The fourth-order valence-corrected chi connectivity index (χ4v) is 2.64. The van der Waals surface area contributed by atoms with Gasteiger partial charge in [0.2, 0.25) is 0 Å². The average molecular weight is 287 g/mol. The minimum atomic E-state index is -2.14. The predicted molar refractivity (Wildman–Crippen MR) is 78.1 cm³/mol. The third kappa shape index (κ3) is 2.12. The highest BCUT2D eigenvalue weighted by molar-refractivity contribution is 6.03. The van der Waals surface area contributed by atoms with Gasteiger partial charge in [0.15, 0.2) is 5.78 Å². The zero-order valence-electron chi connectivity index (χ0n) is 13.4. The van der Waals surface area contributed by atoms with Gasteiger partial charge in [-0.25, -0.2) is 4.98 Å². The van der Waals surface area contributed by atoms with Crippen LogP contribution in [0.1, 0.15) is 33.8 Å². The molecule has 0 saturated heterocycles. The fourth-order valence-electron chi connectivity index (χ4n) is 2.64. The van der Waals surface area contributed by atoms with E-state index in [1.165, 1.54) is 0 Å². The highest BCUT2D eigenvalue weighted by Crippen LogP contribution is 2.24. The molecule has 1 fully saturated rings. The number of ketones is 2. The second-order valence-electron chi connectivity index (χ2n) is 5.04. The quantitative estimate of drug-likeness (QED) is 0.627. The lowest BCUT2D eigenvalue weighted by molar-refractivity contribution is -0.132. The van der Waals surface area contributed by atoms with Crippen molar-refractivity contribution in [2.24, 2.45) is 0 Å². The van der Waals surface area contributed by atoms with Crippen LogP contribution in [0, 0.1) is 6.92 Å². The topological polar surface area (TPSA) is 95.1 Å². The third-order valence-electron chi connectivity index (χ3n) is 3.65. The Kier molecular flexibility index (Phi) is 2.56. The number of nitrogens with zero attached hydrogens (tertiary/aromatic N) is 2. The number of carbonyl (C=O) groups excluding carboxylic acids is 2. The number of fused-ring (bicyclic) bond motifs is 1. The van der Waals surface area contributed by atoms with Crippen molar-refractivity contribution in [2.45, 2.75) is 32.2 Å². The maximum Gasteiger partial charge on any atom is 0.264 e. The summed E-state index contributed by atoms with van der Waals surface area (Å²) in [5.41, 5.74) is 6.03. The maximum atomic E-state index is 12.8. The van der Waals surface area contributed by atoms with Crippen LogP contribution in [-0.2, 0) is 9.59 Å². The molecule has 2 aromatic rings. The molecule has 1 unspecified atom stereocenters. The van der Waals surface area contributed by atoms with Crippen LogP contribution >= 0.6 is 0 Å². The number of rotatable bonds is 1. The molecule has 6 nitrogen and oxygen atoms in total. The van der Waals surface area contributed by atoms with Gasteiger partial charge in [-0.15, -0.1) is 0 Å².